The van der Waals surface area contributed by atoms with Gasteiger partial charge in [-0.1, -0.05) is 30.3 Å². The lowest BCUT2D eigenvalue weighted by molar-refractivity contribution is -0.386. The summed E-state index contributed by atoms with van der Waals surface area (Å²) in [6.07, 6.45) is 1.14. The topological polar surface area (TPSA) is 120 Å². The maximum absolute atomic E-state index is 13.8. The second-order valence-electron chi connectivity index (χ2n) is 6.83. The summed E-state index contributed by atoms with van der Waals surface area (Å²) in [6.45, 7) is -0.221. The zero-order valence-electron chi connectivity index (χ0n) is 16.7. The Morgan fingerprint density at radius 1 is 1.15 bits per heavy atom. The molecule has 1 heterocycles. The second-order valence-corrected chi connectivity index (χ2v) is 7.68. The number of aromatic amines is 1. The van der Waals surface area contributed by atoms with Crippen LogP contribution in [0.3, 0.4) is 0 Å². The summed E-state index contributed by atoms with van der Waals surface area (Å²) < 4.78 is 20.2. The quantitative estimate of drug-likeness (QED) is 0.238. The predicted octanol–water partition coefficient (Wildman–Crippen LogP) is 3.96. The average Bonchev–Trinajstić information content (AvgIpc) is 2.79. The van der Waals surface area contributed by atoms with E-state index in [9.17, 15) is 24.1 Å². The lowest BCUT2D eigenvalue weighted by Gasteiger charge is -2.10. The van der Waals surface area contributed by atoms with Gasteiger partial charge in [0.25, 0.3) is 5.56 Å². The van der Waals surface area contributed by atoms with Gasteiger partial charge < -0.3 is 9.72 Å². The van der Waals surface area contributed by atoms with Gasteiger partial charge in [0, 0.05) is 17.2 Å². The Hall–Kier alpha value is -4.12. The molecule has 0 bridgehead atoms. The maximum Gasteiger partial charge on any atom is 0.349 e. The number of hydrogen-bond acceptors (Lipinski definition) is 6. The van der Waals surface area contributed by atoms with E-state index in [0.29, 0.717) is 10.2 Å². The molecule has 4 aromatic rings. The van der Waals surface area contributed by atoms with Crippen molar-refractivity contribution in [2.75, 3.05) is 0 Å². The van der Waals surface area contributed by atoms with E-state index in [-0.39, 0.29) is 33.3 Å². The van der Waals surface area contributed by atoms with Gasteiger partial charge in [0.1, 0.15) is 12.4 Å². The van der Waals surface area contributed by atoms with Gasteiger partial charge in [0.2, 0.25) is 5.75 Å². The van der Waals surface area contributed by atoms with Crippen molar-refractivity contribution in [3.05, 3.63) is 113 Å². The molecule has 0 atom stereocenters. The smallest absolute Gasteiger partial charge is 0.349 e. The average molecular weight is 513 g/mol. The first kappa shape index (κ1) is 22.1. The van der Waals surface area contributed by atoms with Gasteiger partial charge in [-0.05, 0) is 40.2 Å². The summed E-state index contributed by atoms with van der Waals surface area (Å²) >= 11 is 3.22. The van der Waals surface area contributed by atoms with Crippen LogP contribution in [0.2, 0.25) is 0 Å². The highest BCUT2D eigenvalue weighted by Gasteiger charge is 2.21. The third kappa shape index (κ3) is 4.58. The number of para-hydroxylation sites is 1. The van der Waals surface area contributed by atoms with Crippen LogP contribution in [0.25, 0.3) is 10.9 Å². The molecule has 0 amide bonds. The number of nitrogens with one attached hydrogen (secondary N) is 1. The van der Waals surface area contributed by atoms with Gasteiger partial charge in [-0.15, -0.1) is 4.68 Å². The van der Waals surface area contributed by atoms with Gasteiger partial charge >= 0.3 is 11.4 Å². The van der Waals surface area contributed by atoms with Crippen LogP contribution in [0.4, 0.5) is 10.1 Å². The van der Waals surface area contributed by atoms with Crippen LogP contribution in [0.15, 0.2) is 79.8 Å². The number of nitro benzene ring substituents is 1. The Bertz CT molecular complexity index is 1530. The molecule has 0 unspecified atom stereocenters. The summed E-state index contributed by atoms with van der Waals surface area (Å²) in [4.78, 5) is 38.3. The molecular weight excluding hydrogens is 499 g/mol. The molecule has 0 saturated heterocycles. The van der Waals surface area contributed by atoms with Crippen LogP contribution in [0.1, 0.15) is 11.1 Å². The Morgan fingerprint density at radius 3 is 2.64 bits per heavy atom. The van der Waals surface area contributed by atoms with Gasteiger partial charge in [-0.3, -0.25) is 14.9 Å². The van der Waals surface area contributed by atoms with Crippen LogP contribution < -0.4 is 16.0 Å². The number of benzene rings is 3. The summed E-state index contributed by atoms with van der Waals surface area (Å²) in [5, 5.41) is 15.8. The number of hydrogen-bond donors (Lipinski definition) is 1. The van der Waals surface area contributed by atoms with Crippen molar-refractivity contribution in [1.82, 2.24) is 9.66 Å². The van der Waals surface area contributed by atoms with Crippen molar-refractivity contribution in [2.24, 2.45) is 5.10 Å². The molecule has 0 spiro atoms. The SMILES string of the molecule is O=c1[nH]c2ccccc2c(=O)n1N=Cc1cc(Br)c(OCc2ccccc2F)c([N+](=O)[O-])c1. The van der Waals surface area contributed by atoms with Crippen LogP contribution >= 0.6 is 15.9 Å². The second kappa shape index (κ2) is 9.17. The molecule has 9 nitrogen and oxygen atoms in total. The highest BCUT2D eigenvalue weighted by Crippen LogP contribution is 2.36. The van der Waals surface area contributed by atoms with Crippen LogP contribution in [0, 0.1) is 15.9 Å². The van der Waals surface area contributed by atoms with E-state index in [2.05, 4.69) is 26.0 Å². The highest BCUT2D eigenvalue weighted by atomic mass is 79.9. The van der Waals surface area contributed by atoms with Crippen LogP contribution in [-0.2, 0) is 6.61 Å². The Morgan fingerprint density at radius 2 is 1.88 bits per heavy atom. The lowest BCUT2D eigenvalue weighted by Crippen LogP contribution is -2.32. The number of fused-ring (bicyclic) bond motifs is 1. The zero-order chi connectivity index (χ0) is 23.5. The normalized spacial score (nSPS) is 11.2. The van der Waals surface area contributed by atoms with E-state index in [1.165, 1.54) is 30.3 Å². The van der Waals surface area contributed by atoms with E-state index >= 15 is 0 Å². The van der Waals surface area contributed by atoms with Crippen molar-refractivity contribution in [2.45, 2.75) is 6.61 Å². The fourth-order valence-electron chi connectivity index (χ4n) is 3.10. The van der Waals surface area contributed by atoms with Crippen molar-refractivity contribution in [3.63, 3.8) is 0 Å². The molecule has 33 heavy (non-hydrogen) atoms. The first-order chi connectivity index (χ1) is 15.8. The number of ether oxygens (including phenoxy) is 1. The zero-order valence-corrected chi connectivity index (χ0v) is 18.3. The minimum absolute atomic E-state index is 0.0962. The Balaban J connectivity index is 1.69. The highest BCUT2D eigenvalue weighted by molar-refractivity contribution is 9.10. The summed E-state index contributed by atoms with van der Waals surface area (Å²) in [5.74, 6) is -0.591. The minimum atomic E-state index is -0.756. The molecule has 0 saturated carbocycles. The van der Waals surface area contributed by atoms with E-state index in [1.807, 2.05) is 0 Å². The number of H-pyrrole nitrogens is 1. The first-order valence-electron chi connectivity index (χ1n) is 9.47. The Labute approximate surface area is 193 Å². The van der Waals surface area contributed by atoms with Crippen LogP contribution in [0.5, 0.6) is 5.75 Å². The monoisotopic (exact) mass is 512 g/mol. The fourth-order valence-corrected chi connectivity index (χ4v) is 3.68. The molecule has 0 fully saturated rings. The number of aromatic nitrogens is 2. The van der Waals surface area contributed by atoms with Crippen molar-refractivity contribution < 1.29 is 14.1 Å². The van der Waals surface area contributed by atoms with E-state index < -0.39 is 27.7 Å². The number of rotatable bonds is 6. The molecule has 0 radical (unpaired) electrons. The van der Waals surface area contributed by atoms with Gasteiger partial charge in [-0.2, -0.15) is 5.10 Å². The first-order valence-corrected chi connectivity index (χ1v) is 10.3. The third-order valence-electron chi connectivity index (χ3n) is 4.68. The van der Waals surface area contributed by atoms with E-state index in [0.717, 1.165) is 6.21 Å². The van der Waals surface area contributed by atoms with Gasteiger partial charge in [-0.25, -0.2) is 9.18 Å². The largest absolute Gasteiger partial charge is 0.481 e. The molecule has 1 aromatic heterocycles. The molecular formula is C22H14BrFN4O5. The number of nitro groups is 1. The van der Waals surface area contributed by atoms with Gasteiger partial charge in [0.05, 0.1) is 26.5 Å². The fraction of sp³-hybridized carbons (Fsp3) is 0.0455. The number of halogens is 2. The molecule has 4 rings (SSSR count). The molecule has 1 N–H and O–H groups in total. The Kier molecular flexibility index (Phi) is 6.13. The molecule has 166 valence electrons. The van der Waals surface area contributed by atoms with Gasteiger partial charge in [0.15, 0.2) is 0 Å². The van der Waals surface area contributed by atoms with Crippen molar-refractivity contribution in [3.8, 4) is 5.75 Å². The number of nitrogens with zero attached hydrogens (tertiary/aromatic N) is 3. The van der Waals surface area contributed by atoms with E-state index in [4.69, 9.17) is 4.74 Å². The summed E-state index contributed by atoms with van der Waals surface area (Å²) in [5.41, 5.74) is -0.960. The molecule has 11 heteroatoms. The third-order valence-corrected chi connectivity index (χ3v) is 5.27. The molecule has 0 aliphatic rings. The predicted molar refractivity (Wildman–Crippen MR) is 123 cm³/mol. The summed E-state index contributed by atoms with van der Waals surface area (Å²) in [7, 11) is 0. The van der Waals surface area contributed by atoms with Crippen molar-refractivity contribution >= 4 is 38.7 Å². The molecule has 0 aliphatic heterocycles. The molecule has 0 aliphatic carbocycles. The maximum atomic E-state index is 13.8. The standard InChI is InChI=1S/C22H14BrFN4O5/c23-16-9-13(11-25-27-21(29)15-6-2-4-8-18(15)26-22(27)30)10-19(28(31)32)20(16)33-12-14-5-1-3-7-17(14)24/h1-11H,12H2,(H,26,30). The summed E-state index contributed by atoms with van der Waals surface area (Å²) in [6, 6.07) is 15.0. The molecule has 3 aromatic carbocycles. The van der Waals surface area contributed by atoms with Crippen LogP contribution in [-0.4, -0.2) is 20.8 Å². The minimum Gasteiger partial charge on any atom is -0.481 e. The van der Waals surface area contributed by atoms with E-state index in [1.54, 1.807) is 30.3 Å². The van der Waals surface area contributed by atoms with Crippen molar-refractivity contribution in [1.29, 1.82) is 0 Å². The lowest BCUT2D eigenvalue weighted by atomic mass is 10.2.